The first-order valence-corrected chi connectivity index (χ1v) is 8.25. The number of nitrogens with one attached hydrogen (secondary N) is 1. The highest BCUT2D eigenvalue weighted by molar-refractivity contribution is 4.77. The van der Waals surface area contributed by atoms with Gasteiger partial charge in [-0.05, 0) is 70.5 Å². The van der Waals surface area contributed by atoms with Crippen LogP contribution < -0.4 is 5.32 Å². The molecule has 0 aromatic carbocycles. The van der Waals surface area contributed by atoms with E-state index in [4.69, 9.17) is 0 Å². The number of rotatable bonds is 12. The van der Waals surface area contributed by atoms with E-state index in [9.17, 15) is 0 Å². The molecule has 0 spiro atoms. The second-order valence-electron chi connectivity index (χ2n) is 5.95. The van der Waals surface area contributed by atoms with Gasteiger partial charge in [0.2, 0.25) is 0 Å². The third kappa shape index (κ3) is 7.38. The van der Waals surface area contributed by atoms with Crippen LogP contribution in [0.15, 0.2) is 0 Å². The Kier molecular flexibility index (Phi) is 8.70. The summed E-state index contributed by atoms with van der Waals surface area (Å²) in [7, 11) is 0. The van der Waals surface area contributed by atoms with E-state index < -0.39 is 0 Å². The first kappa shape index (κ1) is 16.0. The molecule has 1 aliphatic carbocycles. The topological polar surface area (TPSA) is 15.3 Å². The van der Waals surface area contributed by atoms with Crippen LogP contribution in [0, 0.1) is 5.92 Å². The van der Waals surface area contributed by atoms with Crippen LogP contribution in [0.25, 0.3) is 0 Å². The van der Waals surface area contributed by atoms with Crippen LogP contribution in [0.5, 0.6) is 0 Å². The Balaban J connectivity index is 2.10. The van der Waals surface area contributed by atoms with Gasteiger partial charge in [-0.3, -0.25) is 0 Å². The fraction of sp³-hybridized carbons (Fsp3) is 1.00. The zero-order valence-corrected chi connectivity index (χ0v) is 12.9. The Morgan fingerprint density at radius 3 is 2.44 bits per heavy atom. The third-order valence-electron chi connectivity index (χ3n) is 3.96. The van der Waals surface area contributed by atoms with Gasteiger partial charge in [-0.25, -0.2) is 0 Å². The molecule has 108 valence electrons. The summed E-state index contributed by atoms with van der Waals surface area (Å²) in [5.41, 5.74) is 0. The van der Waals surface area contributed by atoms with Gasteiger partial charge in [0.15, 0.2) is 0 Å². The molecule has 0 aromatic heterocycles. The fourth-order valence-electron chi connectivity index (χ4n) is 2.64. The zero-order valence-electron chi connectivity index (χ0n) is 12.9. The predicted molar refractivity (Wildman–Crippen MR) is 81.1 cm³/mol. The molecule has 1 fully saturated rings. The van der Waals surface area contributed by atoms with Crippen LogP contribution in [-0.4, -0.2) is 37.1 Å². The van der Waals surface area contributed by atoms with Gasteiger partial charge >= 0.3 is 0 Å². The Bertz CT molecular complexity index is 190. The summed E-state index contributed by atoms with van der Waals surface area (Å²) in [6, 6.07) is 0.745. The maximum atomic E-state index is 3.66. The van der Waals surface area contributed by atoms with Crippen LogP contribution in [0.4, 0.5) is 0 Å². The van der Waals surface area contributed by atoms with Crippen molar-refractivity contribution in [2.24, 2.45) is 5.92 Å². The van der Waals surface area contributed by atoms with Crippen molar-refractivity contribution in [1.29, 1.82) is 0 Å². The van der Waals surface area contributed by atoms with Crippen molar-refractivity contribution >= 4 is 0 Å². The lowest BCUT2D eigenvalue weighted by Gasteiger charge is -2.23. The number of hydrogen-bond acceptors (Lipinski definition) is 2. The van der Waals surface area contributed by atoms with E-state index in [1.165, 1.54) is 71.1 Å². The zero-order chi connectivity index (χ0) is 13.2. The predicted octanol–water partition coefficient (Wildman–Crippen LogP) is 3.67. The Morgan fingerprint density at radius 1 is 1.11 bits per heavy atom. The van der Waals surface area contributed by atoms with E-state index in [-0.39, 0.29) is 0 Å². The lowest BCUT2D eigenvalue weighted by Crippen LogP contribution is -2.32. The molecule has 0 aliphatic heterocycles. The maximum absolute atomic E-state index is 3.66. The van der Waals surface area contributed by atoms with Gasteiger partial charge in [0.05, 0.1) is 0 Å². The summed E-state index contributed by atoms with van der Waals surface area (Å²) in [4.78, 5) is 2.70. The molecule has 0 radical (unpaired) electrons. The fourth-order valence-corrected chi connectivity index (χ4v) is 2.64. The van der Waals surface area contributed by atoms with Gasteiger partial charge in [-0.2, -0.15) is 0 Å². The van der Waals surface area contributed by atoms with Gasteiger partial charge in [0.25, 0.3) is 0 Å². The van der Waals surface area contributed by atoms with E-state index in [1.807, 2.05) is 0 Å². The van der Waals surface area contributed by atoms with E-state index in [1.54, 1.807) is 0 Å². The highest BCUT2D eigenvalue weighted by Crippen LogP contribution is 2.29. The first-order valence-electron chi connectivity index (χ1n) is 8.25. The lowest BCUT2D eigenvalue weighted by molar-refractivity contribution is 0.252. The molecule has 18 heavy (non-hydrogen) atoms. The molecule has 2 nitrogen and oxygen atoms in total. The molecule has 1 saturated carbocycles. The molecule has 0 heterocycles. The van der Waals surface area contributed by atoms with E-state index >= 15 is 0 Å². The summed E-state index contributed by atoms with van der Waals surface area (Å²) in [5.74, 6) is 1.04. The van der Waals surface area contributed by atoms with Crippen molar-refractivity contribution in [2.45, 2.75) is 71.8 Å². The SMILES string of the molecule is CCCNC(CC)CCCN(CCC)CC1CC1. The molecule has 1 atom stereocenters. The van der Waals surface area contributed by atoms with Gasteiger partial charge in [-0.1, -0.05) is 20.8 Å². The summed E-state index contributed by atoms with van der Waals surface area (Å²) in [6.07, 6.45) is 9.50. The first-order chi connectivity index (χ1) is 8.80. The molecule has 1 rings (SSSR count). The quantitative estimate of drug-likeness (QED) is 0.572. The van der Waals surface area contributed by atoms with Crippen molar-refractivity contribution in [3.63, 3.8) is 0 Å². The lowest BCUT2D eigenvalue weighted by atomic mass is 10.1. The second kappa shape index (κ2) is 9.80. The summed E-state index contributed by atoms with van der Waals surface area (Å²) >= 11 is 0. The van der Waals surface area contributed by atoms with Crippen LogP contribution >= 0.6 is 0 Å². The molecule has 1 N–H and O–H groups in total. The average Bonchev–Trinajstić information content (AvgIpc) is 3.17. The summed E-state index contributed by atoms with van der Waals surface area (Å²) in [6.45, 7) is 12.0. The summed E-state index contributed by atoms with van der Waals surface area (Å²) in [5, 5.41) is 3.66. The second-order valence-corrected chi connectivity index (χ2v) is 5.95. The average molecular weight is 254 g/mol. The van der Waals surface area contributed by atoms with E-state index in [2.05, 4.69) is 31.0 Å². The highest BCUT2D eigenvalue weighted by atomic mass is 15.1. The van der Waals surface area contributed by atoms with Crippen molar-refractivity contribution < 1.29 is 0 Å². The minimum Gasteiger partial charge on any atom is -0.314 e. The molecule has 1 aliphatic rings. The Labute approximate surface area is 115 Å². The monoisotopic (exact) mass is 254 g/mol. The van der Waals surface area contributed by atoms with Crippen molar-refractivity contribution in [3.05, 3.63) is 0 Å². The highest BCUT2D eigenvalue weighted by Gasteiger charge is 2.23. The van der Waals surface area contributed by atoms with E-state index in [0.717, 1.165) is 12.0 Å². The Morgan fingerprint density at radius 2 is 1.89 bits per heavy atom. The van der Waals surface area contributed by atoms with Crippen molar-refractivity contribution in [2.75, 3.05) is 26.2 Å². The number of hydrogen-bond donors (Lipinski definition) is 1. The molecule has 0 bridgehead atoms. The van der Waals surface area contributed by atoms with Gasteiger partial charge < -0.3 is 10.2 Å². The maximum Gasteiger partial charge on any atom is 0.00649 e. The van der Waals surface area contributed by atoms with Crippen LogP contribution in [0.1, 0.15) is 65.7 Å². The standard InChI is InChI=1S/C16H34N2/c1-4-11-17-16(6-3)8-7-13-18(12-5-2)14-15-9-10-15/h15-17H,4-14H2,1-3H3. The van der Waals surface area contributed by atoms with Gasteiger partial charge in [-0.15, -0.1) is 0 Å². The van der Waals surface area contributed by atoms with Gasteiger partial charge in [0, 0.05) is 12.6 Å². The van der Waals surface area contributed by atoms with Gasteiger partial charge in [0.1, 0.15) is 0 Å². The summed E-state index contributed by atoms with van der Waals surface area (Å²) < 4.78 is 0. The largest absolute Gasteiger partial charge is 0.314 e. The minimum absolute atomic E-state index is 0.745. The van der Waals surface area contributed by atoms with Crippen molar-refractivity contribution in [1.82, 2.24) is 10.2 Å². The molecular formula is C16H34N2. The van der Waals surface area contributed by atoms with E-state index in [0.29, 0.717) is 0 Å². The third-order valence-corrected chi connectivity index (χ3v) is 3.96. The molecule has 0 amide bonds. The smallest absolute Gasteiger partial charge is 0.00649 e. The number of nitrogens with zero attached hydrogens (tertiary/aromatic N) is 1. The van der Waals surface area contributed by atoms with Crippen molar-refractivity contribution in [3.8, 4) is 0 Å². The minimum atomic E-state index is 0.745. The molecular weight excluding hydrogens is 220 g/mol. The molecule has 0 saturated heterocycles. The van der Waals surface area contributed by atoms with Crippen LogP contribution in [0.2, 0.25) is 0 Å². The molecule has 2 heteroatoms. The normalized spacial score (nSPS) is 17.3. The Hall–Kier alpha value is -0.0800. The molecule has 0 aromatic rings. The molecule has 1 unspecified atom stereocenters. The van der Waals surface area contributed by atoms with Crippen LogP contribution in [0.3, 0.4) is 0 Å². The van der Waals surface area contributed by atoms with Crippen LogP contribution in [-0.2, 0) is 0 Å².